The van der Waals surface area contributed by atoms with Crippen molar-refractivity contribution in [3.63, 3.8) is 0 Å². The van der Waals surface area contributed by atoms with Gasteiger partial charge in [0.1, 0.15) is 17.3 Å². The molecule has 0 aliphatic carbocycles. The summed E-state index contributed by atoms with van der Waals surface area (Å²) in [5, 5.41) is 2.63. The minimum absolute atomic E-state index is 0.157. The number of para-hydroxylation sites is 2. The quantitative estimate of drug-likeness (QED) is 0.695. The van der Waals surface area contributed by atoms with Crippen LogP contribution in [0.4, 0.5) is 10.1 Å². The highest BCUT2D eigenvalue weighted by Crippen LogP contribution is 2.25. The molecule has 0 aliphatic heterocycles. The van der Waals surface area contributed by atoms with E-state index < -0.39 is 0 Å². The topological polar surface area (TPSA) is 58.6 Å². The van der Waals surface area contributed by atoms with Crippen LogP contribution in [0.5, 0.6) is 11.5 Å². The van der Waals surface area contributed by atoms with Gasteiger partial charge < -0.3 is 15.0 Å². The minimum Gasteiger partial charge on any atom is -0.457 e. The van der Waals surface area contributed by atoms with Crippen LogP contribution < -0.4 is 10.1 Å². The van der Waals surface area contributed by atoms with E-state index in [1.54, 1.807) is 36.4 Å². The first-order valence-corrected chi connectivity index (χ1v) is 8.66. The molecule has 2 amide bonds. The molecule has 28 heavy (non-hydrogen) atoms. The largest absolute Gasteiger partial charge is 0.457 e. The Bertz CT molecular complexity index is 959. The molecule has 3 aromatic rings. The lowest BCUT2D eigenvalue weighted by Gasteiger charge is -2.19. The summed E-state index contributed by atoms with van der Waals surface area (Å²) in [7, 11) is 1.53. The van der Waals surface area contributed by atoms with Crippen molar-refractivity contribution >= 4 is 17.5 Å². The van der Waals surface area contributed by atoms with Crippen molar-refractivity contribution < 1.29 is 18.7 Å². The average Bonchev–Trinajstić information content (AvgIpc) is 2.70. The van der Waals surface area contributed by atoms with Crippen LogP contribution >= 0.6 is 0 Å². The van der Waals surface area contributed by atoms with Gasteiger partial charge in [0.15, 0.2) is 0 Å². The molecule has 0 unspecified atom stereocenters. The maximum atomic E-state index is 12.9. The highest BCUT2D eigenvalue weighted by molar-refractivity contribution is 6.00. The summed E-state index contributed by atoms with van der Waals surface area (Å²) < 4.78 is 18.8. The second kappa shape index (κ2) is 8.81. The van der Waals surface area contributed by atoms with Gasteiger partial charge in [-0.3, -0.25) is 9.59 Å². The molecule has 0 heterocycles. The van der Waals surface area contributed by atoms with E-state index in [-0.39, 0.29) is 24.2 Å². The molecule has 5 nitrogen and oxygen atoms in total. The maximum Gasteiger partial charge on any atom is 0.257 e. The number of hydrogen-bond donors (Lipinski definition) is 1. The van der Waals surface area contributed by atoms with Gasteiger partial charge in [-0.1, -0.05) is 30.3 Å². The predicted molar refractivity (Wildman–Crippen MR) is 105 cm³/mol. The van der Waals surface area contributed by atoms with Gasteiger partial charge in [-0.25, -0.2) is 4.39 Å². The Hall–Kier alpha value is -3.67. The highest BCUT2D eigenvalue weighted by Gasteiger charge is 2.19. The molecule has 0 saturated carbocycles. The molecule has 0 radical (unpaired) electrons. The summed E-state index contributed by atoms with van der Waals surface area (Å²) in [5.41, 5.74) is 0.809. The van der Waals surface area contributed by atoms with Gasteiger partial charge in [0, 0.05) is 12.7 Å². The van der Waals surface area contributed by atoms with Gasteiger partial charge in [0.25, 0.3) is 5.91 Å². The lowest BCUT2D eigenvalue weighted by molar-refractivity contribution is -0.116. The van der Waals surface area contributed by atoms with E-state index in [0.29, 0.717) is 22.7 Å². The second-order valence-electron chi connectivity index (χ2n) is 6.13. The summed E-state index contributed by atoms with van der Waals surface area (Å²) in [4.78, 5) is 26.3. The molecule has 0 atom stereocenters. The number of likely N-dealkylation sites (N-methyl/N-ethyl adjacent to an activating group) is 1. The fourth-order valence-corrected chi connectivity index (χ4v) is 2.57. The van der Waals surface area contributed by atoms with Crippen LogP contribution in [0.25, 0.3) is 0 Å². The fraction of sp³-hybridized carbons (Fsp3) is 0.0909. The number of hydrogen-bond acceptors (Lipinski definition) is 3. The van der Waals surface area contributed by atoms with Crippen LogP contribution in [-0.4, -0.2) is 30.3 Å². The Morgan fingerprint density at radius 3 is 2.29 bits per heavy atom. The fourth-order valence-electron chi connectivity index (χ4n) is 2.57. The smallest absolute Gasteiger partial charge is 0.257 e. The number of benzene rings is 3. The number of ether oxygens (including phenoxy) is 1. The van der Waals surface area contributed by atoms with E-state index in [1.807, 2.05) is 18.2 Å². The molecule has 0 fully saturated rings. The van der Waals surface area contributed by atoms with E-state index in [2.05, 4.69) is 5.32 Å². The van der Waals surface area contributed by atoms with Crippen molar-refractivity contribution in [1.82, 2.24) is 4.90 Å². The number of nitrogens with zero attached hydrogens (tertiary/aromatic N) is 1. The zero-order valence-electron chi connectivity index (χ0n) is 15.3. The van der Waals surface area contributed by atoms with Crippen LogP contribution in [0, 0.1) is 5.82 Å². The molecule has 0 aromatic heterocycles. The van der Waals surface area contributed by atoms with Crippen LogP contribution in [0.15, 0.2) is 78.9 Å². The van der Waals surface area contributed by atoms with Gasteiger partial charge in [-0.05, 0) is 48.5 Å². The van der Waals surface area contributed by atoms with Crippen molar-refractivity contribution in [2.45, 2.75) is 0 Å². The molecule has 0 bridgehead atoms. The normalized spacial score (nSPS) is 10.2. The lowest BCUT2D eigenvalue weighted by atomic mass is 10.1. The zero-order chi connectivity index (χ0) is 19.9. The Morgan fingerprint density at radius 1 is 0.929 bits per heavy atom. The van der Waals surface area contributed by atoms with Gasteiger partial charge in [0.05, 0.1) is 12.1 Å². The number of amides is 2. The van der Waals surface area contributed by atoms with E-state index in [9.17, 15) is 14.0 Å². The van der Waals surface area contributed by atoms with E-state index in [1.165, 1.54) is 36.2 Å². The average molecular weight is 378 g/mol. The molecule has 3 aromatic carbocycles. The molecule has 0 saturated heterocycles. The Morgan fingerprint density at radius 2 is 1.57 bits per heavy atom. The molecule has 6 heteroatoms. The SMILES string of the molecule is CN(CC(=O)Nc1ccc(F)cc1)C(=O)c1ccccc1Oc1ccccc1. The van der Waals surface area contributed by atoms with Crippen molar-refractivity contribution in [2.24, 2.45) is 0 Å². The van der Waals surface area contributed by atoms with Gasteiger partial charge >= 0.3 is 0 Å². The van der Waals surface area contributed by atoms with E-state index >= 15 is 0 Å². The molecule has 0 spiro atoms. The first-order valence-electron chi connectivity index (χ1n) is 8.66. The van der Waals surface area contributed by atoms with Crippen LogP contribution in [-0.2, 0) is 4.79 Å². The van der Waals surface area contributed by atoms with Gasteiger partial charge in [-0.15, -0.1) is 0 Å². The summed E-state index contributed by atoms with van der Waals surface area (Å²) >= 11 is 0. The summed E-state index contributed by atoms with van der Waals surface area (Å²) in [5.74, 6) is -0.103. The number of anilines is 1. The Balaban J connectivity index is 1.67. The number of halogens is 1. The molecular formula is C22H19FN2O3. The van der Waals surface area contributed by atoms with E-state index in [4.69, 9.17) is 4.74 Å². The van der Waals surface area contributed by atoms with Crippen LogP contribution in [0.2, 0.25) is 0 Å². The molecule has 142 valence electrons. The van der Waals surface area contributed by atoms with Crippen molar-refractivity contribution in [3.05, 3.63) is 90.2 Å². The Labute approximate surface area is 162 Å². The molecule has 1 N–H and O–H groups in total. The van der Waals surface area contributed by atoms with Crippen molar-refractivity contribution in [3.8, 4) is 11.5 Å². The second-order valence-corrected chi connectivity index (χ2v) is 6.13. The number of carbonyl (C=O) groups is 2. The molecule has 3 rings (SSSR count). The number of nitrogens with one attached hydrogen (secondary N) is 1. The number of rotatable bonds is 6. The Kier molecular flexibility index (Phi) is 6.01. The summed E-state index contributed by atoms with van der Waals surface area (Å²) in [6.45, 7) is -0.157. The lowest BCUT2D eigenvalue weighted by Crippen LogP contribution is -2.35. The zero-order valence-corrected chi connectivity index (χ0v) is 15.3. The monoisotopic (exact) mass is 378 g/mol. The standard InChI is InChI=1S/C22H19FN2O3/c1-25(15-21(26)24-17-13-11-16(23)12-14-17)22(27)19-9-5-6-10-20(19)28-18-7-3-2-4-8-18/h2-14H,15H2,1H3,(H,24,26). The minimum atomic E-state index is -0.389. The molecule has 0 aliphatic rings. The van der Waals surface area contributed by atoms with Crippen molar-refractivity contribution in [1.29, 1.82) is 0 Å². The third-order valence-corrected chi connectivity index (χ3v) is 3.94. The third-order valence-electron chi connectivity index (χ3n) is 3.94. The summed E-state index contributed by atoms with van der Waals surface area (Å²) in [6.07, 6.45) is 0. The predicted octanol–water partition coefficient (Wildman–Crippen LogP) is 4.33. The van der Waals surface area contributed by atoms with Crippen LogP contribution in [0.1, 0.15) is 10.4 Å². The number of carbonyl (C=O) groups excluding carboxylic acids is 2. The van der Waals surface area contributed by atoms with E-state index in [0.717, 1.165) is 0 Å². The highest BCUT2D eigenvalue weighted by atomic mass is 19.1. The van der Waals surface area contributed by atoms with Gasteiger partial charge in [-0.2, -0.15) is 0 Å². The van der Waals surface area contributed by atoms with Gasteiger partial charge in [0.2, 0.25) is 5.91 Å². The first kappa shape index (κ1) is 19.1. The summed E-state index contributed by atoms with van der Waals surface area (Å²) in [6, 6.07) is 21.4. The van der Waals surface area contributed by atoms with Crippen molar-refractivity contribution in [2.75, 3.05) is 18.9 Å². The first-order chi connectivity index (χ1) is 13.5. The third kappa shape index (κ3) is 4.94. The maximum absolute atomic E-state index is 12.9. The van der Waals surface area contributed by atoms with Crippen LogP contribution in [0.3, 0.4) is 0 Å². The molecular weight excluding hydrogens is 359 g/mol.